The van der Waals surface area contributed by atoms with Crippen molar-refractivity contribution in [2.45, 2.75) is 45.6 Å². The average molecular weight is 375 g/mol. The number of phenols is 1. The Morgan fingerprint density at radius 1 is 1.07 bits per heavy atom. The second-order valence-electron chi connectivity index (χ2n) is 8.23. The van der Waals surface area contributed by atoms with Gasteiger partial charge in [0.25, 0.3) is 0 Å². The minimum atomic E-state index is -0.507. The number of aryl methyl sites for hydroxylation is 1. The lowest BCUT2D eigenvalue weighted by atomic mass is 10.0. The molecule has 0 aliphatic carbocycles. The highest BCUT2D eigenvalue weighted by atomic mass is 16.6. The predicted octanol–water partition coefficient (Wildman–Crippen LogP) is 2.75. The van der Waals surface area contributed by atoms with Gasteiger partial charge in [-0.2, -0.15) is 0 Å². The SMILES string of the molecule is CN1C(=O)CCCc2cc(N3CCN(C(=O)OC(C)(C)C)CC3)c(O)cc21. The molecule has 2 amide bonds. The van der Waals surface area contributed by atoms with Gasteiger partial charge < -0.3 is 24.5 Å². The van der Waals surface area contributed by atoms with Gasteiger partial charge in [0.15, 0.2) is 0 Å². The van der Waals surface area contributed by atoms with Gasteiger partial charge in [-0.1, -0.05) is 0 Å². The van der Waals surface area contributed by atoms with Crippen LogP contribution in [0.3, 0.4) is 0 Å². The zero-order valence-corrected chi connectivity index (χ0v) is 16.6. The van der Waals surface area contributed by atoms with E-state index in [0.717, 1.165) is 29.8 Å². The van der Waals surface area contributed by atoms with Gasteiger partial charge >= 0.3 is 6.09 Å². The summed E-state index contributed by atoms with van der Waals surface area (Å²) in [6.07, 6.45) is 1.85. The smallest absolute Gasteiger partial charge is 0.410 e. The van der Waals surface area contributed by atoms with Crippen molar-refractivity contribution >= 4 is 23.4 Å². The number of phenolic OH excluding ortho intramolecular Hbond substituents is 1. The Morgan fingerprint density at radius 3 is 2.37 bits per heavy atom. The number of carbonyl (C=O) groups excluding carboxylic acids is 2. The van der Waals surface area contributed by atoms with Gasteiger partial charge in [0, 0.05) is 45.7 Å². The number of piperazine rings is 1. The molecule has 0 saturated carbocycles. The first-order valence-electron chi connectivity index (χ1n) is 9.51. The van der Waals surface area contributed by atoms with E-state index in [2.05, 4.69) is 4.90 Å². The molecule has 2 aliphatic rings. The van der Waals surface area contributed by atoms with E-state index in [1.807, 2.05) is 26.8 Å². The normalized spacial score (nSPS) is 18.2. The van der Waals surface area contributed by atoms with E-state index < -0.39 is 5.60 Å². The molecule has 2 heterocycles. The Bertz CT molecular complexity index is 733. The molecule has 0 radical (unpaired) electrons. The number of benzene rings is 1. The zero-order chi connectivity index (χ0) is 19.8. The third-order valence-corrected chi connectivity index (χ3v) is 5.02. The number of rotatable bonds is 1. The number of hydrogen-bond acceptors (Lipinski definition) is 5. The van der Waals surface area contributed by atoms with Crippen LogP contribution < -0.4 is 9.80 Å². The van der Waals surface area contributed by atoms with Crippen LogP contribution in [-0.2, 0) is 16.0 Å². The summed E-state index contributed by atoms with van der Waals surface area (Å²) in [5.74, 6) is 0.243. The Balaban J connectivity index is 1.73. The van der Waals surface area contributed by atoms with Crippen molar-refractivity contribution < 1.29 is 19.4 Å². The highest BCUT2D eigenvalue weighted by molar-refractivity contribution is 5.95. The fourth-order valence-electron chi connectivity index (χ4n) is 3.56. The van der Waals surface area contributed by atoms with E-state index >= 15 is 0 Å². The van der Waals surface area contributed by atoms with Crippen molar-refractivity contribution in [3.05, 3.63) is 17.7 Å². The molecule has 0 unspecified atom stereocenters. The van der Waals surface area contributed by atoms with E-state index in [1.165, 1.54) is 0 Å². The van der Waals surface area contributed by atoms with Crippen LogP contribution in [0.1, 0.15) is 39.2 Å². The number of aromatic hydroxyl groups is 1. The van der Waals surface area contributed by atoms with Crippen LogP contribution in [-0.4, -0.2) is 60.8 Å². The number of amides is 2. The molecule has 148 valence electrons. The molecule has 3 rings (SSSR count). The fraction of sp³-hybridized carbons (Fsp3) is 0.600. The van der Waals surface area contributed by atoms with Crippen LogP contribution in [0, 0.1) is 0 Å². The van der Waals surface area contributed by atoms with Gasteiger partial charge in [-0.05, 0) is 45.2 Å². The highest BCUT2D eigenvalue weighted by Gasteiger charge is 2.28. The molecule has 1 N–H and O–H groups in total. The number of carbonyl (C=O) groups is 2. The topological polar surface area (TPSA) is 73.3 Å². The van der Waals surface area contributed by atoms with Gasteiger partial charge in [-0.25, -0.2) is 4.79 Å². The molecule has 1 saturated heterocycles. The Labute approximate surface area is 160 Å². The van der Waals surface area contributed by atoms with E-state index in [4.69, 9.17) is 4.74 Å². The summed E-state index contributed by atoms with van der Waals surface area (Å²) in [5, 5.41) is 10.6. The quantitative estimate of drug-likeness (QED) is 0.817. The molecule has 7 heteroatoms. The van der Waals surface area contributed by atoms with Crippen molar-refractivity contribution in [1.29, 1.82) is 0 Å². The molecule has 0 bridgehead atoms. The van der Waals surface area contributed by atoms with Crippen molar-refractivity contribution in [2.24, 2.45) is 0 Å². The van der Waals surface area contributed by atoms with Crippen molar-refractivity contribution in [1.82, 2.24) is 4.90 Å². The van der Waals surface area contributed by atoms with Gasteiger partial charge in [0.05, 0.1) is 11.4 Å². The van der Waals surface area contributed by atoms with E-state index in [9.17, 15) is 14.7 Å². The maximum absolute atomic E-state index is 12.2. The van der Waals surface area contributed by atoms with Crippen LogP contribution in [0.5, 0.6) is 5.75 Å². The summed E-state index contributed by atoms with van der Waals surface area (Å²) in [6.45, 7) is 7.91. The maximum atomic E-state index is 12.2. The number of nitrogens with zero attached hydrogens (tertiary/aromatic N) is 3. The third-order valence-electron chi connectivity index (χ3n) is 5.02. The molecular formula is C20H29N3O4. The summed E-state index contributed by atoms with van der Waals surface area (Å²) in [4.78, 5) is 29.7. The summed E-state index contributed by atoms with van der Waals surface area (Å²) in [6, 6.07) is 3.68. The van der Waals surface area contributed by atoms with Crippen molar-refractivity contribution in [2.75, 3.05) is 43.0 Å². The monoisotopic (exact) mass is 375 g/mol. The largest absolute Gasteiger partial charge is 0.506 e. The highest BCUT2D eigenvalue weighted by Crippen LogP contribution is 2.37. The Hall–Kier alpha value is -2.44. The number of fused-ring (bicyclic) bond motifs is 1. The minimum Gasteiger partial charge on any atom is -0.506 e. The van der Waals surface area contributed by atoms with E-state index in [-0.39, 0.29) is 17.7 Å². The summed E-state index contributed by atoms with van der Waals surface area (Å²) in [7, 11) is 1.76. The van der Waals surface area contributed by atoms with E-state index in [1.54, 1.807) is 22.9 Å². The van der Waals surface area contributed by atoms with Crippen LogP contribution in [0.2, 0.25) is 0 Å². The maximum Gasteiger partial charge on any atom is 0.410 e. The first-order chi connectivity index (χ1) is 12.7. The molecule has 7 nitrogen and oxygen atoms in total. The van der Waals surface area contributed by atoms with Gasteiger partial charge in [-0.3, -0.25) is 4.79 Å². The number of hydrogen-bond donors (Lipinski definition) is 1. The van der Waals surface area contributed by atoms with Crippen LogP contribution >= 0.6 is 0 Å². The fourth-order valence-corrected chi connectivity index (χ4v) is 3.56. The Kier molecular flexibility index (Phi) is 5.22. The first-order valence-corrected chi connectivity index (χ1v) is 9.51. The summed E-state index contributed by atoms with van der Waals surface area (Å²) in [5.41, 5.74) is 2.12. The van der Waals surface area contributed by atoms with Crippen LogP contribution in [0.4, 0.5) is 16.2 Å². The predicted molar refractivity (Wildman–Crippen MR) is 104 cm³/mol. The van der Waals surface area contributed by atoms with Gasteiger partial charge in [-0.15, -0.1) is 0 Å². The standard InChI is InChI=1S/C20H29N3O4/c1-20(2,3)27-19(26)23-10-8-22(9-11-23)16-12-14-6-5-7-18(25)21(4)15(14)13-17(16)24/h12-13,24H,5-11H2,1-4H3. The van der Waals surface area contributed by atoms with Gasteiger partial charge in [0.2, 0.25) is 5.91 Å². The second kappa shape index (κ2) is 7.29. The molecule has 1 aromatic carbocycles. The third kappa shape index (κ3) is 4.28. The molecule has 2 aliphatic heterocycles. The minimum absolute atomic E-state index is 0.0758. The molecule has 0 spiro atoms. The Morgan fingerprint density at radius 2 is 1.74 bits per heavy atom. The molecule has 0 atom stereocenters. The lowest BCUT2D eigenvalue weighted by Crippen LogP contribution is -2.50. The van der Waals surface area contributed by atoms with Crippen molar-refractivity contribution in [3.8, 4) is 5.75 Å². The molecule has 27 heavy (non-hydrogen) atoms. The molecule has 1 aromatic rings. The van der Waals surface area contributed by atoms with Gasteiger partial charge in [0.1, 0.15) is 11.4 Å². The zero-order valence-electron chi connectivity index (χ0n) is 16.6. The lowest BCUT2D eigenvalue weighted by Gasteiger charge is -2.37. The van der Waals surface area contributed by atoms with E-state index in [0.29, 0.717) is 32.6 Å². The van der Waals surface area contributed by atoms with Crippen LogP contribution in [0.15, 0.2) is 12.1 Å². The van der Waals surface area contributed by atoms with Crippen molar-refractivity contribution in [3.63, 3.8) is 0 Å². The lowest BCUT2D eigenvalue weighted by molar-refractivity contribution is -0.118. The molecule has 1 fully saturated rings. The summed E-state index contributed by atoms with van der Waals surface area (Å²) < 4.78 is 5.43. The summed E-state index contributed by atoms with van der Waals surface area (Å²) >= 11 is 0. The second-order valence-corrected chi connectivity index (χ2v) is 8.23. The van der Waals surface area contributed by atoms with Crippen LogP contribution in [0.25, 0.3) is 0 Å². The first kappa shape index (κ1) is 19.3. The average Bonchev–Trinajstić information content (AvgIpc) is 2.73. The number of anilines is 2. The molecule has 0 aromatic heterocycles. The number of ether oxygens (including phenoxy) is 1. The molecular weight excluding hydrogens is 346 g/mol.